The number of hydrogen-bond acceptors (Lipinski definition) is 2. The minimum Gasteiger partial charge on any atom is -0.418 e. The Morgan fingerprint density at radius 3 is 2.27 bits per heavy atom. The number of aromatic nitrogens is 2. The molecule has 15 heavy (non-hydrogen) atoms. The summed E-state index contributed by atoms with van der Waals surface area (Å²) in [7, 11) is -4.00. The Hall–Kier alpha value is -1.05. The lowest BCUT2D eigenvalue weighted by Gasteiger charge is -1.97. The third kappa shape index (κ3) is 9.26. The molecule has 1 heterocycles. The highest BCUT2D eigenvalue weighted by atomic mass is 19.5. The molecule has 1 rings (SSSR count). The maximum absolute atomic E-state index is 9.75. The summed E-state index contributed by atoms with van der Waals surface area (Å²) in [6.45, 7) is 0.743. The van der Waals surface area contributed by atoms with Crippen LogP contribution >= 0.6 is 0 Å². The SMILES string of the molecule is Cn1ccnc1CCCN.F[B-](F)(F)F. The van der Waals surface area contributed by atoms with Gasteiger partial charge in [0.25, 0.3) is 0 Å². The van der Waals surface area contributed by atoms with Crippen molar-refractivity contribution in [2.75, 3.05) is 6.54 Å². The molecule has 2 N–H and O–H groups in total. The minimum absolute atomic E-state index is 0.743. The topological polar surface area (TPSA) is 43.8 Å². The van der Waals surface area contributed by atoms with Crippen LogP contribution in [0.5, 0.6) is 0 Å². The summed E-state index contributed by atoms with van der Waals surface area (Å²) < 4.78 is 41.0. The molecule has 1 aromatic rings. The van der Waals surface area contributed by atoms with Crippen LogP contribution in [0.25, 0.3) is 0 Å². The number of rotatable bonds is 3. The number of hydrogen-bond donors (Lipinski definition) is 1. The van der Waals surface area contributed by atoms with Crippen LogP contribution in [-0.4, -0.2) is 23.4 Å². The summed E-state index contributed by atoms with van der Waals surface area (Å²) >= 11 is 0. The zero-order valence-electron chi connectivity index (χ0n) is 8.34. The number of imidazole rings is 1. The minimum atomic E-state index is -6.00. The molecule has 0 amide bonds. The lowest BCUT2D eigenvalue weighted by molar-refractivity contribution is 0.368. The van der Waals surface area contributed by atoms with E-state index in [1.54, 1.807) is 0 Å². The molecular weight excluding hydrogens is 213 g/mol. The Labute approximate surface area is 85.4 Å². The molecule has 0 aromatic carbocycles. The summed E-state index contributed by atoms with van der Waals surface area (Å²) in [4.78, 5) is 4.16. The first kappa shape index (κ1) is 14.0. The van der Waals surface area contributed by atoms with Crippen molar-refractivity contribution in [2.24, 2.45) is 12.8 Å². The number of nitrogens with two attached hydrogens (primary N) is 1. The fourth-order valence-corrected chi connectivity index (χ4v) is 0.898. The van der Waals surface area contributed by atoms with E-state index in [2.05, 4.69) is 4.98 Å². The Morgan fingerprint density at radius 1 is 1.40 bits per heavy atom. The molecule has 0 saturated heterocycles. The third-order valence-electron chi connectivity index (χ3n) is 1.53. The molecule has 0 aliphatic heterocycles. The van der Waals surface area contributed by atoms with E-state index in [9.17, 15) is 17.3 Å². The molecule has 1 aromatic heterocycles. The van der Waals surface area contributed by atoms with E-state index < -0.39 is 7.25 Å². The predicted octanol–water partition coefficient (Wildman–Crippen LogP) is 1.61. The van der Waals surface area contributed by atoms with Gasteiger partial charge in [0.2, 0.25) is 0 Å². The normalized spacial score (nSPS) is 10.8. The Balaban J connectivity index is 0.000000336. The van der Waals surface area contributed by atoms with Gasteiger partial charge in [-0.25, -0.2) is 4.98 Å². The molecule has 0 radical (unpaired) electrons. The van der Waals surface area contributed by atoms with Crippen LogP contribution in [0.3, 0.4) is 0 Å². The van der Waals surface area contributed by atoms with E-state index in [0.29, 0.717) is 0 Å². The highest BCUT2D eigenvalue weighted by Crippen LogP contribution is 2.06. The van der Waals surface area contributed by atoms with Crippen LogP contribution in [0.2, 0.25) is 0 Å². The molecule has 0 bridgehead atoms. The maximum Gasteiger partial charge on any atom is 0.673 e. The van der Waals surface area contributed by atoms with Gasteiger partial charge in [0.15, 0.2) is 0 Å². The van der Waals surface area contributed by atoms with Crippen LogP contribution in [0.1, 0.15) is 12.2 Å². The monoisotopic (exact) mass is 226 g/mol. The molecule has 0 fully saturated rings. The number of aryl methyl sites for hydroxylation is 2. The second-order valence-corrected chi connectivity index (χ2v) is 2.84. The third-order valence-corrected chi connectivity index (χ3v) is 1.53. The van der Waals surface area contributed by atoms with Crippen LogP contribution in [0.15, 0.2) is 12.4 Å². The van der Waals surface area contributed by atoms with E-state index in [1.165, 1.54) is 0 Å². The Morgan fingerprint density at radius 2 is 1.93 bits per heavy atom. The van der Waals surface area contributed by atoms with Crippen LogP contribution in [-0.2, 0) is 13.5 Å². The summed E-state index contributed by atoms with van der Waals surface area (Å²) in [6, 6.07) is 0. The van der Waals surface area contributed by atoms with Crippen molar-refractivity contribution < 1.29 is 17.3 Å². The molecule has 0 aliphatic carbocycles. The van der Waals surface area contributed by atoms with Gasteiger partial charge in [-0.1, -0.05) is 0 Å². The second kappa shape index (κ2) is 6.44. The molecule has 88 valence electrons. The van der Waals surface area contributed by atoms with E-state index in [4.69, 9.17) is 5.73 Å². The maximum atomic E-state index is 9.75. The molecule has 0 atom stereocenters. The Bertz CT molecular complexity index is 267. The highest BCUT2D eigenvalue weighted by Gasteiger charge is 2.20. The fraction of sp³-hybridized carbons (Fsp3) is 0.571. The number of halogens is 4. The molecule has 8 heteroatoms. The average molecular weight is 226 g/mol. The summed E-state index contributed by atoms with van der Waals surface area (Å²) in [5, 5.41) is 0. The molecule has 0 spiro atoms. The van der Waals surface area contributed by atoms with Gasteiger partial charge < -0.3 is 27.6 Å². The first-order valence-corrected chi connectivity index (χ1v) is 4.38. The molecule has 0 unspecified atom stereocenters. The fourth-order valence-electron chi connectivity index (χ4n) is 0.898. The molecule has 0 saturated carbocycles. The van der Waals surface area contributed by atoms with Crippen LogP contribution in [0.4, 0.5) is 17.3 Å². The van der Waals surface area contributed by atoms with E-state index in [0.717, 1.165) is 25.2 Å². The van der Waals surface area contributed by atoms with Gasteiger partial charge in [-0.05, 0) is 13.0 Å². The average Bonchev–Trinajstić information content (AvgIpc) is 2.45. The van der Waals surface area contributed by atoms with Gasteiger partial charge >= 0.3 is 7.25 Å². The van der Waals surface area contributed by atoms with Crippen LogP contribution in [0, 0.1) is 0 Å². The largest absolute Gasteiger partial charge is 0.673 e. The van der Waals surface area contributed by atoms with Crippen molar-refractivity contribution in [2.45, 2.75) is 12.8 Å². The van der Waals surface area contributed by atoms with Crippen molar-refractivity contribution in [3.05, 3.63) is 18.2 Å². The molecule has 3 nitrogen and oxygen atoms in total. The highest BCUT2D eigenvalue weighted by molar-refractivity contribution is 6.50. The molecular formula is C7H13BF4N3-. The van der Waals surface area contributed by atoms with E-state index in [-0.39, 0.29) is 0 Å². The van der Waals surface area contributed by atoms with Crippen molar-refractivity contribution in [3.63, 3.8) is 0 Å². The zero-order chi connectivity index (χ0) is 11.9. The first-order chi connectivity index (χ1) is 6.84. The zero-order valence-corrected chi connectivity index (χ0v) is 8.34. The van der Waals surface area contributed by atoms with Gasteiger partial charge in [-0.2, -0.15) is 0 Å². The van der Waals surface area contributed by atoms with E-state index in [1.807, 2.05) is 24.0 Å². The van der Waals surface area contributed by atoms with Gasteiger partial charge in [0, 0.05) is 25.9 Å². The van der Waals surface area contributed by atoms with Crippen molar-refractivity contribution in [1.29, 1.82) is 0 Å². The van der Waals surface area contributed by atoms with Gasteiger partial charge in [-0.15, -0.1) is 0 Å². The Kier molecular flexibility index (Phi) is 5.99. The lowest BCUT2D eigenvalue weighted by atomic mass is 10.3. The van der Waals surface area contributed by atoms with Gasteiger partial charge in [0.05, 0.1) is 0 Å². The van der Waals surface area contributed by atoms with Crippen LogP contribution < -0.4 is 5.73 Å². The van der Waals surface area contributed by atoms with Gasteiger partial charge in [-0.3, -0.25) is 0 Å². The summed E-state index contributed by atoms with van der Waals surface area (Å²) in [5.41, 5.74) is 5.36. The van der Waals surface area contributed by atoms with Gasteiger partial charge in [0.1, 0.15) is 5.82 Å². The standard InChI is InChI=1S/C7H13N3.BF4/c1-10-6-5-9-7(10)3-2-4-8;2-1(3,4)5/h5-6H,2-4,8H2,1H3;/q;-1. The quantitative estimate of drug-likeness (QED) is 0.628. The van der Waals surface area contributed by atoms with Crippen molar-refractivity contribution in [1.82, 2.24) is 9.55 Å². The predicted molar refractivity (Wildman–Crippen MR) is 50.8 cm³/mol. The summed E-state index contributed by atoms with van der Waals surface area (Å²) in [6.07, 6.45) is 5.77. The number of nitrogens with zero attached hydrogens (tertiary/aromatic N) is 2. The van der Waals surface area contributed by atoms with E-state index >= 15 is 0 Å². The summed E-state index contributed by atoms with van der Waals surface area (Å²) in [5.74, 6) is 1.12. The second-order valence-electron chi connectivity index (χ2n) is 2.84. The molecule has 0 aliphatic rings. The van der Waals surface area contributed by atoms with Crippen molar-refractivity contribution >= 4 is 7.25 Å². The first-order valence-electron chi connectivity index (χ1n) is 4.38. The van der Waals surface area contributed by atoms with Crippen molar-refractivity contribution in [3.8, 4) is 0 Å². The smallest absolute Gasteiger partial charge is 0.418 e. The lowest BCUT2D eigenvalue weighted by Crippen LogP contribution is -2.03.